The van der Waals surface area contributed by atoms with Crippen LogP contribution in [-0.2, 0) is 0 Å². The van der Waals surface area contributed by atoms with E-state index in [2.05, 4.69) is 15.6 Å². The first-order valence-electron chi connectivity index (χ1n) is 11.0. The van der Waals surface area contributed by atoms with Gasteiger partial charge < -0.3 is 20.3 Å². The fourth-order valence-corrected chi connectivity index (χ4v) is 4.04. The summed E-state index contributed by atoms with van der Waals surface area (Å²) in [5, 5.41) is 5.63. The number of carbonyl (C=O) groups excluding carboxylic acids is 2. The molecule has 1 aromatic carbocycles. The number of likely N-dealkylation sites (tertiary alicyclic amines) is 1. The minimum atomic E-state index is -0.204. The second-order valence-electron chi connectivity index (χ2n) is 8.03. The molecule has 1 unspecified atom stereocenters. The zero-order valence-corrected chi connectivity index (χ0v) is 18.4. The van der Waals surface area contributed by atoms with E-state index in [1.807, 2.05) is 30.0 Å². The third kappa shape index (κ3) is 6.44. The highest BCUT2D eigenvalue weighted by molar-refractivity contribution is 5.98. The van der Waals surface area contributed by atoms with Crippen LogP contribution < -0.4 is 15.4 Å². The molecule has 0 saturated carbocycles. The molecule has 3 amide bonds. The first-order valence-corrected chi connectivity index (χ1v) is 11.0. The first kappa shape index (κ1) is 22.6. The van der Waals surface area contributed by atoms with Gasteiger partial charge in [0.2, 0.25) is 0 Å². The number of amides is 3. The maximum absolute atomic E-state index is 13.0. The van der Waals surface area contributed by atoms with Gasteiger partial charge >= 0.3 is 6.03 Å². The number of nitrogens with one attached hydrogen (secondary N) is 2. The fourth-order valence-electron chi connectivity index (χ4n) is 4.04. The lowest BCUT2D eigenvalue weighted by atomic mass is 10.0. The van der Waals surface area contributed by atoms with Crippen LogP contribution >= 0.6 is 0 Å². The second kappa shape index (κ2) is 11.3. The van der Waals surface area contributed by atoms with Crippen LogP contribution in [0.5, 0.6) is 5.75 Å². The molecule has 1 aliphatic rings. The Morgan fingerprint density at radius 2 is 2.06 bits per heavy atom. The van der Waals surface area contributed by atoms with Crippen molar-refractivity contribution in [2.75, 3.05) is 32.1 Å². The third-order valence-corrected chi connectivity index (χ3v) is 5.74. The highest BCUT2D eigenvalue weighted by Gasteiger charge is 2.28. The number of ether oxygens (including phenoxy) is 1. The van der Waals surface area contributed by atoms with E-state index in [1.165, 1.54) is 0 Å². The van der Waals surface area contributed by atoms with Gasteiger partial charge in [0.1, 0.15) is 5.75 Å². The number of aryl methyl sites for hydroxylation is 1. The molecule has 1 fully saturated rings. The molecule has 2 N–H and O–H groups in total. The molecule has 1 saturated heterocycles. The van der Waals surface area contributed by atoms with Crippen molar-refractivity contribution >= 4 is 17.6 Å². The summed E-state index contributed by atoms with van der Waals surface area (Å²) >= 11 is 0. The topological polar surface area (TPSA) is 83.6 Å². The largest absolute Gasteiger partial charge is 0.496 e. The van der Waals surface area contributed by atoms with Crippen LogP contribution in [0.2, 0.25) is 0 Å². The quantitative estimate of drug-likeness (QED) is 0.590. The zero-order valence-electron chi connectivity index (χ0n) is 18.4. The minimum Gasteiger partial charge on any atom is -0.496 e. The number of anilines is 1. The molecular formula is C24H32N4O3. The lowest BCUT2D eigenvalue weighted by Gasteiger charge is -2.19. The lowest BCUT2D eigenvalue weighted by Crippen LogP contribution is -2.30. The van der Waals surface area contributed by atoms with E-state index in [0.717, 1.165) is 50.8 Å². The monoisotopic (exact) mass is 424 g/mol. The van der Waals surface area contributed by atoms with Gasteiger partial charge in [-0.05, 0) is 55.9 Å². The van der Waals surface area contributed by atoms with Gasteiger partial charge in [0.15, 0.2) is 0 Å². The predicted molar refractivity (Wildman–Crippen MR) is 121 cm³/mol. The highest BCUT2D eigenvalue weighted by atomic mass is 16.5. The van der Waals surface area contributed by atoms with E-state index >= 15 is 0 Å². The van der Waals surface area contributed by atoms with Crippen LogP contribution in [0.4, 0.5) is 10.5 Å². The summed E-state index contributed by atoms with van der Waals surface area (Å²) in [6, 6.07) is 9.09. The number of aromatic nitrogens is 1. The van der Waals surface area contributed by atoms with E-state index in [9.17, 15) is 9.59 Å². The Labute approximate surface area is 184 Å². The number of hydrogen-bond donors (Lipinski definition) is 2. The van der Waals surface area contributed by atoms with Crippen molar-refractivity contribution in [1.82, 2.24) is 15.2 Å². The maximum atomic E-state index is 13.0. The number of hydrogen-bond acceptors (Lipinski definition) is 4. The Hall–Kier alpha value is -3.09. The molecule has 7 heteroatoms. The zero-order chi connectivity index (χ0) is 22.1. The highest BCUT2D eigenvalue weighted by Crippen LogP contribution is 2.28. The number of carbonyl (C=O) groups is 2. The molecule has 0 spiro atoms. The number of unbranched alkanes of at least 4 members (excludes halogenated alkanes) is 2. The molecular weight excluding hydrogens is 392 g/mol. The van der Waals surface area contributed by atoms with E-state index in [1.54, 1.807) is 31.6 Å². The molecule has 1 aliphatic heterocycles. The maximum Gasteiger partial charge on any atom is 0.319 e. The van der Waals surface area contributed by atoms with Gasteiger partial charge in [0.05, 0.1) is 24.6 Å². The molecule has 166 valence electrons. The smallest absolute Gasteiger partial charge is 0.319 e. The Balaban J connectivity index is 1.32. The van der Waals surface area contributed by atoms with Gasteiger partial charge in [-0.2, -0.15) is 0 Å². The summed E-state index contributed by atoms with van der Waals surface area (Å²) in [6.45, 7) is 4.21. The Morgan fingerprint density at radius 1 is 1.19 bits per heavy atom. The van der Waals surface area contributed by atoms with Crippen LogP contribution in [0.1, 0.15) is 48.0 Å². The van der Waals surface area contributed by atoms with Crippen molar-refractivity contribution in [3.8, 4) is 5.75 Å². The summed E-state index contributed by atoms with van der Waals surface area (Å²) in [6.07, 6.45) is 8.54. The number of urea groups is 1. The summed E-state index contributed by atoms with van der Waals surface area (Å²) < 4.78 is 5.40. The molecule has 0 bridgehead atoms. The molecule has 2 aromatic rings. The van der Waals surface area contributed by atoms with Crippen molar-refractivity contribution in [2.45, 2.75) is 39.0 Å². The van der Waals surface area contributed by atoms with E-state index in [-0.39, 0.29) is 11.9 Å². The molecule has 2 heterocycles. The number of benzene rings is 1. The molecule has 1 atom stereocenters. The van der Waals surface area contributed by atoms with Crippen molar-refractivity contribution in [3.63, 3.8) is 0 Å². The van der Waals surface area contributed by atoms with Crippen molar-refractivity contribution < 1.29 is 14.3 Å². The van der Waals surface area contributed by atoms with E-state index in [0.29, 0.717) is 29.5 Å². The second-order valence-corrected chi connectivity index (χ2v) is 8.03. The Kier molecular flexibility index (Phi) is 8.27. The van der Waals surface area contributed by atoms with Crippen LogP contribution in [0.3, 0.4) is 0 Å². The Morgan fingerprint density at radius 3 is 2.84 bits per heavy atom. The number of methoxy groups -OCH3 is 1. The van der Waals surface area contributed by atoms with Crippen LogP contribution in [0.25, 0.3) is 0 Å². The molecule has 0 aliphatic carbocycles. The SMILES string of the molecule is COc1cccc(C)c1C(=O)N1CCC(CCCCCNC(=O)Nc2cccnc2)C1. The van der Waals surface area contributed by atoms with Gasteiger partial charge in [-0.3, -0.25) is 9.78 Å². The lowest BCUT2D eigenvalue weighted by molar-refractivity contribution is 0.0782. The number of pyridine rings is 1. The van der Waals surface area contributed by atoms with Gasteiger partial charge in [0, 0.05) is 25.8 Å². The van der Waals surface area contributed by atoms with Crippen molar-refractivity contribution in [3.05, 3.63) is 53.9 Å². The molecule has 3 rings (SSSR count). The fraction of sp³-hybridized carbons (Fsp3) is 0.458. The average Bonchev–Trinajstić information content (AvgIpc) is 3.25. The van der Waals surface area contributed by atoms with Crippen LogP contribution in [0.15, 0.2) is 42.7 Å². The molecule has 1 aromatic heterocycles. The van der Waals surface area contributed by atoms with Crippen molar-refractivity contribution in [2.24, 2.45) is 5.92 Å². The summed E-state index contributed by atoms with van der Waals surface area (Å²) in [7, 11) is 1.61. The van der Waals surface area contributed by atoms with E-state index in [4.69, 9.17) is 4.74 Å². The van der Waals surface area contributed by atoms with Gasteiger partial charge in [-0.1, -0.05) is 25.0 Å². The van der Waals surface area contributed by atoms with Crippen molar-refractivity contribution in [1.29, 1.82) is 0 Å². The summed E-state index contributed by atoms with van der Waals surface area (Å²) in [5.74, 6) is 1.26. The molecule has 0 radical (unpaired) electrons. The standard InChI is InChI=1S/C24H32N4O3/c1-18-8-6-11-21(31-2)22(18)23(29)28-15-12-19(17-28)9-4-3-5-14-26-24(30)27-20-10-7-13-25-16-20/h6-8,10-11,13,16,19H,3-5,9,12,14-15,17H2,1-2H3,(H2,26,27,30). The van der Waals surface area contributed by atoms with Gasteiger partial charge in [-0.25, -0.2) is 4.79 Å². The molecule has 31 heavy (non-hydrogen) atoms. The number of rotatable bonds is 9. The van der Waals surface area contributed by atoms with Crippen LogP contribution in [0, 0.1) is 12.8 Å². The van der Waals surface area contributed by atoms with Gasteiger partial charge in [-0.15, -0.1) is 0 Å². The average molecular weight is 425 g/mol. The third-order valence-electron chi connectivity index (χ3n) is 5.74. The summed E-state index contributed by atoms with van der Waals surface area (Å²) in [4.78, 5) is 30.8. The Bertz CT molecular complexity index is 872. The predicted octanol–water partition coefficient (Wildman–Crippen LogP) is 4.24. The normalized spacial score (nSPS) is 15.5. The summed E-state index contributed by atoms with van der Waals surface area (Å²) in [5.41, 5.74) is 2.32. The van der Waals surface area contributed by atoms with Crippen LogP contribution in [-0.4, -0.2) is 48.6 Å². The van der Waals surface area contributed by atoms with E-state index < -0.39 is 0 Å². The molecule has 7 nitrogen and oxygen atoms in total. The number of nitrogens with zero attached hydrogens (tertiary/aromatic N) is 2. The minimum absolute atomic E-state index is 0.0706. The van der Waals surface area contributed by atoms with Gasteiger partial charge in [0.25, 0.3) is 5.91 Å². The first-order chi connectivity index (χ1) is 15.1.